The summed E-state index contributed by atoms with van der Waals surface area (Å²) in [4.78, 5) is 25.4. The highest BCUT2D eigenvalue weighted by molar-refractivity contribution is 8.00. The van der Waals surface area contributed by atoms with Crippen LogP contribution in [0.25, 0.3) is 0 Å². The minimum atomic E-state index is -0.568. The van der Waals surface area contributed by atoms with Crippen LogP contribution in [0.3, 0.4) is 0 Å². The predicted molar refractivity (Wildman–Crippen MR) is 109 cm³/mol. The first kappa shape index (κ1) is 19.6. The van der Waals surface area contributed by atoms with E-state index in [2.05, 4.69) is 5.32 Å². The van der Waals surface area contributed by atoms with Gasteiger partial charge in [0.05, 0.1) is 24.0 Å². The quantitative estimate of drug-likeness (QED) is 0.449. The van der Waals surface area contributed by atoms with Crippen molar-refractivity contribution < 1.29 is 18.7 Å². The Labute approximate surface area is 166 Å². The van der Waals surface area contributed by atoms with Crippen LogP contribution in [0.1, 0.15) is 20.7 Å². The number of amides is 1. The Bertz CT molecular complexity index is 989. The molecule has 0 aliphatic carbocycles. The van der Waals surface area contributed by atoms with Crippen molar-refractivity contribution in [3.05, 3.63) is 89.7 Å². The fourth-order valence-corrected chi connectivity index (χ4v) is 3.36. The molecule has 28 heavy (non-hydrogen) atoms. The highest BCUT2D eigenvalue weighted by Gasteiger charge is 2.13. The molecule has 0 unspecified atom stereocenters. The summed E-state index contributed by atoms with van der Waals surface area (Å²) in [5.74, 6) is -0.285. The van der Waals surface area contributed by atoms with E-state index in [1.807, 2.05) is 6.07 Å². The summed E-state index contributed by atoms with van der Waals surface area (Å²) in [6, 6.07) is 20.0. The van der Waals surface area contributed by atoms with Crippen LogP contribution >= 0.6 is 11.8 Å². The van der Waals surface area contributed by atoms with Gasteiger partial charge in [0.2, 0.25) is 0 Å². The van der Waals surface area contributed by atoms with Crippen molar-refractivity contribution in [1.29, 1.82) is 0 Å². The van der Waals surface area contributed by atoms with Crippen molar-refractivity contribution in [3.8, 4) is 5.75 Å². The van der Waals surface area contributed by atoms with Gasteiger partial charge >= 0.3 is 0 Å². The third kappa shape index (κ3) is 4.78. The van der Waals surface area contributed by atoms with E-state index in [9.17, 15) is 14.0 Å². The lowest BCUT2D eigenvalue weighted by Crippen LogP contribution is -2.13. The van der Waals surface area contributed by atoms with Gasteiger partial charge in [0.1, 0.15) is 11.6 Å². The molecule has 142 valence electrons. The van der Waals surface area contributed by atoms with Crippen molar-refractivity contribution >= 4 is 29.1 Å². The molecule has 0 fully saturated rings. The summed E-state index contributed by atoms with van der Waals surface area (Å²) in [5, 5.41) is 2.66. The van der Waals surface area contributed by atoms with E-state index in [4.69, 9.17) is 4.74 Å². The maximum Gasteiger partial charge on any atom is 0.258 e. The van der Waals surface area contributed by atoms with Crippen LogP contribution in [0.4, 0.5) is 10.1 Å². The molecular formula is C22H18FNO3S. The van der Waals surface area contributed by atoms with Crippen LogP contribution in [0, 0.1) is 5.82 Å². The number of methoxy groups -OCH3 is 1. The molecule has 6 heteroatoms. The number of ketones is 1. The van der Waals surface area contributed by atoms with Gasteiger partial charge in [-0.2, -0.15) is 0 Å². The van der Waals surface area contributed by atoms with Crippen LogP contribution in [0.15, 0.2) is 77.7 Å². The lowest BCUT2D eigenvalue weighted by Gasteiger charge is -2.08. The van der Waals surface area contributed by atoms with Crippen LogP contribution in [0.5, 0.6) is 5.75 Å². The number of rotatable bonds is 7. The number of carbonyl (C=O) groups excluding carboxylic acids is 2. The summed E-state index contributed by atoms with van der Waals surface area (Å²) in [6.07, 6.45) is 0. The van der Waals surface area contributed by atoms with Crippen LogP contribution < -0.4 is 10.1 Å². The molecule has 3 rings (SSSR count). The number of carbonyl (C=O) groups is 2. The van der Waals surface area contributed by atoms with E-state index in [1.165, 1.54) is 37.1 Å². The molecule has 0 heterocycles. The molecule has 3 aromatic carbocycles. The molecule has 0 aliphatic heterocycles. The van der Waals surface area contributed by atoms with Gasteiger partial charge in [0.25, 0.3) is 5.91 Å². The van der Waals surface area contributed by atoms with Crippen LogP contribution in [-0.2, 0) is 0 Å². The Kier molecular flexibility index (Phi) is 6.45. The van der Waals surface area contributed by atoms with Gasteiger partial charge in [-0.1, -0.05) is 24.3 Å². The van der Waals surface area contributed by atoms with Crippen molar-refractivity contribution in [2.75, 3.05) is 18.2 Å². The van der Waals surface area contributed by atoms with Crippen molar-refractivity contribution in [3.63, 3.8) is 0 Å². The average molecular weight is 395 g/mol. The lowest BCUT2D eigenvalue weighted by atomic mass is 10.1. The third-order valence-corrected chi connectivity index (χ3v) is 5.02. The Morgan fingerprint density at radius 1 is 0.929 bits per heavy atom. The molecule has 0 radical (unpaired) electrons. The molecule has 0 atom stereocenters. The molecule has 0 spiro atoms. The van der Waals surface area contributed by atoms with E-state index >= 15 is 0 Å². The molecule has 1 N–H and O–H groups in total. The number of thioether (sulfide) groups is 1. The molecule has 0 saturated carbocycles. The Morgan fingerprint density at radius 3 is 2.25 bits per heavy atom. The molecule has 0 aromatic heterocycles. The predicted octanol–water partition coefficient (Wildman–Crippen LogP) is 5.06. The van der Waals surface area contributed by atoms with Gasteiger partial charge < -0.3 is 10.1 Å². The summed E-state index contributed by atoms with van der Waals surface area (Å²) in [7, 11) is 1.54. The average Bonchev–Trinajstić information content (AvgIpc) is 2.73. The second kappa shape index (κ2) is 9.19. The zero-order valence-electron chi connectivity index (χ0n) is 15.1. The van der Waals surface area contributed by atoms with Gasteiger partial charge in [-0.15, -0.1) is 11.8 Å². The molecule has 0 saturated heterocycles. The number of Topliss-reactive ketones (excluding diaryl/α,β-unsaturated/α-hetero) is 1. The van der Waals surface area contributed by atoms with E-state index in [-0.39, 0.29) is 17.1 Å². The van der Waals surface area contributed by atoms with Gasteiger partial charge in [-0.3, -0.25) is 9.59 Å². The van der Waals surface area contributed by atoms with E-state index in [0.29, 0.717) is 17.0 Å². The molecule has 0 aliphatic rings. The lowest BCUT2D eigenvalue weighted by molar-refractivity contribution is 0.101. The normalized spacial score (nSPS) is 10.4. The second-order valence-electron chi connectivity index (χ2n) is 5.87. The minimum absolute atomic E-state index is 0.0108. The Balaban J connectivity index is 1.59. The van der Waals surface area contributed by atoms with Crippen molar-refractivity contribution in [2.45, 2.75) is 4.90 Å². The second-order valence-corrected chi connectivity index (χ2v) is 6.92. The topological polar surface area (TPSA) is 55.4 Å². The smallest absolute Gasteiger partial charge is 0.258 e. The number of halogens is 1. The van der Waals surface area contributed by atoms with Crippen molar-refractivity contribution in [1.82, 2.24) is 0 Å². The third-order valence-electron chi connectivity index (χ3n) is 4.01. The van der Waals surface area contributed by atoms with E-state index < -0.39 is 11.7 Å². The number of para-hydroxylation sites is 1. The standard InChI is InChI=1S/C22H18FNO3S/c1-27-21-9-5-3-7-18(21)20(25)14-28-16-12-10-15(11-13-16)24-22(26)17-6-2-4-8-19(17)23/h2-13H,14H2,1H3,(H,24,26). The van der Waals surface area contributed by atoms with Crippen LogP contribution in [0.2, 0.25) is 0 Å². The maximum absolute atomic E-state index is 13.7. The first-order valence-electron chi connectivity index (χ1n) is 8.53. The van der Waals surface area contributed by atoms with Crippen molar-refractivity contribution in [2.24, 2.45) is 0 Å². The molecule has 4 nitrogen and oxygen atoms in total. The summed E-state index contributed by atoms with van der Waals surface area (Å²) < 4.78 is 18.9. The fourth-order valence-electron chi connectivity index (χ4n) is 2.58. The molecular weight excluding hydrogens is 377 g/mol. The molecule has 0 bridgehead atoms. The van der Waals surface area contributed by atoms with Crippen LogP contribution in [-0.4, -0.2) is 24.6 Å². The fraction of sp³-hybridized carbons (Fsp3) is 0.0909. The monoisotopic (exact) mass is 395 g/mol. The van der Waals surface area contributed by atoms with Gasteiger partial charge in [0, 0.05) is 10.6 Å². The number of anilines is 1. The molecule has 3 aromatic rings. The highest BCUT2D eigenvalue weighted by atomic mass is 32.2. The zero-order chi connectivity index (χ0) is 19.9. The summed E-state index contributed by atoms with van der Waals surface area (Å²) >= 11 is 1.39. The number of nitrogens with one attached hydrogen (secondary N) is 1. The number of hydrogen-bond donors (Lipinski definition) is 1. The first-order chi connectivity index (χ1) is 13.6. The van der Waals surface area contributed by atoms with Gasteiger partial charge in [-0.05, 0) is 48.5 Å². The molecule has 1 amide bonds. The number of ether oxygens (including phenoxy) is 1. The largest absolute Gasteiger partial charge is 0.496 e. The van der Waals surface area contributed by atoms with Gasteiger partial charge in [-0.25, -0.2) is 4.39 Å². The highest BCUT2D eigenvalue weighted by Crippen LogP contribution is 2.24. The van der Waals surface area contributed by atoms with Gasteiger partial charge in [0.15, 0.2) is 5.78 Å². The summed E-state index contributed by atoms with van der Waals surface area (Å²) in [5.41, 5.74) is 1.09. The Hall–Kier alpha value is -3.12. The SMILES string of the molecule is COc1ccccc1C(=O)CSc1ccc(NC(=O)c2ccccc2F)cc1. The minimum Gasteiger partial charge on any atom is -0.496 e. The maximum atomic E-state index is 13.7. The first-order valence-corrected chi connectivity index (χ1v) is 9.52. The number of benzene rings is 3. The zero-order valence-corrected chi connectivity index (χ0v) is 16.0. The van der Waals surface area contributed by atoms with E-state index in [1.54, 1.807) is 48.5 Å². The Morgan fingerprint density at radius 2 is 1.57 bits per heavy atom. The van der Waals surface area contributed by atoms with E-state index in [0.717, 1.165) is 4.90 Å². The number of hydrogen-bond acceptors (Lipinski definition) is 4. The summed E-state index contributed by atoms with van der Waals surface area (Å²) in [6.45, 7) is 0.